The van der Waals surface area contributed by atoms with E-state index < -0.39 is 0 Å². The van der Waals surface area contributed by atoms with Gasteiger partial charge in [0.25, 0.3) is 0 Å². The van der Waals surface area contributed by atoms with Crippen molar-refractivity contribution in [3.05, 3.63) is 35.4 Å². The molecule has 1 saturated carbocycles. The zero-order chi connectivity index (χ0) is 15.5. The summed E-state index contributed by atoms with van der Waals surface area (Å²) in [7, 11) is 0. The Hall–Kier alpha value is -1.84. The first-order valence-electron chi connectivity index (χ1n) is 8.34. The Morgan fingerprint density at radius 3 is 2.77 bits per heavy atom. The van der Waals surface area contributed by atoms with Crippen molar-refractivity contribution in [3.8, 4) is 0 Å². The molecule has 1 heterocycles. The second-order valence-electron chi connectivity index (χ2n) is 6.37. The highest BCUT2D eigenvalue weighted by atomic mass is 16.2. The summed E-state index contributed by atoms with van der Waals surface area (Å²) in [5.74, 6) is 0.0303. The highest BCUT2D eigenvalue weighted by molar-refractivity contribution is 5.92. The van der Waals surface area contributed by atoms with Gasteiger partial charge in [0, 0.05) is 19.6 Å². The largest absolute Gasteiger partial charge is 0.356 e. The molecule has 2 amide bonds. The fraction of sp³-hybridized carbons (Fsp3) is 0.556. The van der Waals surface area contributed by atoms with E-state index in [-0.39, 0.29) is 23.7 Å². The van der Waals surface area contributed by atoms with Crippen molar-refractivity contribution in [3.63, 3.8) is 0 Å². The smallest absolute Gasteiger partial charge is 0.226 e. The van der Waals surface area contributed by atoms with Crippen LogP contribution in [0.2, 0.25) is 0 Å². The number of benzene rings is 1. The van der Waals surface area contributed by atoms with E-state index in [1.165, 1.54) is 11.1 Å². The van der Waals surface area contributed by atoms with Crippen molar-refractivity contribution in [2.24, 2.45) is 11.8 Å². The second-order valence-corrected chi connectivity index (χ2v) is 6.37. The number of rotatable bonds is 5. The Morgan fingerprint density at radius 1 is 1.23 bits per heavy atom. The quantitative estimate of drug-likeness (QED) is 0.847. The van der Waals surface area contributed by atoms with E-state index in [9.17, 15) is 9.59 Å². The number of unbranched alkanes of at least 4 members (excludes halogenated alkanes) is 1. The van der Waals surface area contributed by atoms with Gasteiger partial charge in [-0.1, -0.05) is 37.6 Å². The van der Waals surface area contributed by atoms with Gasteiger partial charge in [-0.15, -0.1) is 0 Å². The monoisotopic (exact) mass is 300 g/mol. The predicted octanol–water partition coefficient (Wildman–Crippen LogP) is 2.12. The highest BCUT2D eigenvalue weighted by Gasteiger charge is 2.49. The molecule has 4 nitrogen and oxygen atoms in total. The molecule has 3 rings (SSSR count). The van der Waals surface area contributed by atoms with Gasteiger partial charge >= 0.3 is 0 Å². The fourth-order valence-electron chi connectivity index (χ4n) is 3.20. The minimum absolute atomic E-state index is 0.0595. The van der Waals surface area contributed by atoms with Crippen molar-refractivity contribution in [2.45, 2.75) is 39.2 Å². The Morgan fingerprint density at radius 2 is 2.00 bits per heavy atom. The summed E-state index contributed by atoms with van der Waals surface area (Å²) < 4.78 is 0. The van der Waals surface area contributed by atoms with Crippen LogP contribution in [0.3, 0.4) is 0 Å². The topological polar surface area (TPSA) is 49.4 Å². The molecule has 4 heteroatoms. The molecule has 2 aliphatic rings. The molecule has 118 valence electrons. The number of fused-ring (bicyclic) bond motifs is 1. The van der Waals surface area contributed by atoms with Crippen LogP contribution in [0.1, 0.15) is 37.3 Å². The van der Waals surface area contributed by atoms with Crippen LogP contribution in [0.15, 0.2) is 24.3 Å². The number of carbonyl (C=O) groups excluding carboxylic acids is 2. The SMILES string of the molecule is CCCCNC(=O)C1CC1C(=O)N1CCc2ccccc2C1. The summed E-state index contributed by atoms with van der Waals surface area (Å²) in [6, 6.07) is 8.30. The van der Waals surface area contributed by atoms with E-state index in [0.717, 1.165) is 38.8 Å². The number of hydrogen-bond donors (Lipinski definition) is 1. The van der Waals surface area contributed by atoms with Gasteiger partial charge in [-0.05, 0) is 30.4 Å². The van der Waals surface area contributed by atoms with Crippen LogP contribution in [0.25, 0.3) is 0 Å². The first-order chi connectivity index (χ1) is 10.7. The summed E-state index contributed by atoms with van der Waals surface area (Å²) >= 11 is 0. The van der Waals surface area contributed by atoms with Crippen molar-refractivity contribution < 1.29 is 9.59 Å². The molecular weight excluding hydrogens is 276 g/mol. The molecule has 2 unspecified atom stereocenters. The average molecular weight is 300 g/mol. The molecule has 0 saturated heterocycles. The number of nitrogens with one attached hydrogen (secondary N) is 1. The van der Waals surface area contributed by atoms with E-state index >= 15 is 0 Å². The fourth-order valence-corrected chi connectivity index (χ4v) is 3.20. The van der Waals surface area contributed by atoms with Crippen LogP contribution >= 0.6 is 0 Å². The molecular formula is C18H24N2O2. The lowest BCUT2D eigenvalue weighted by Crippen LogP contribution is -2.38. The number of amides is 2. The van der Waals surface area contributed by atoms with E-state index in [1.807, 2.05) is 17.0 Å². The Bertz CT molecular complexity index is 570. The van der Waals surface area contributed by atoms with Gasteiger partial charge < -0.3 is 10.2 Å². The Kier molecular flexibility index (Phi) is 4.46. The molecule has 22 heavy (non-hydrogen) atoms. The Balaban J connectivity index is 1.53. The molecule has 0 radical (unpaired) electrons. The zero-order valence-corrected chi connectivity index (χ0v) is 13.2. The van der Waals surface area contributed by atoms with Crippen LogP contribution in [0, 0.1) is 11.8 Å². The van der Waals surface area contributed by atoms with Gasteiger partial charge in [0.2, 0.25) is 11.8 Å². The number of nitrogens with zero attached hydrogens (tertiary/aromatic N) is 1. The zero-order valence-electron chi connectivity index (χ0n) is 13.2. The average Bonchev–Trinajstić information content (AvgIpc) is 3.34. The molecule has 1 aromatic rings. The van der Waals surface area contributed by atoms with Crippen molar-refractivity contribution in [2.75, 3.05) is 13.1 Å². The maximum absolute atomic E-state index is 12.6. The van der Waals surface area contributed by atoms with Crippen molar-refractivity contribution in [1.82, 2.24) is 10.2 Å². The van der Waals surface area contributed by atoms with E-state index in [4.69, 9.17) is 0 Å². The molecule has 1 aliphatic heterocycles. The lowest BCUT2D eigenvalue weighted by molar-refractivity contribution is -0.135. The normalized spacial score (nSPS) is 22.9. The highest BCUT2D eigenvalue weighted by Crippen LogP contribution is 2.40. The van der Waals surface area contributed by atoms with Gasteiger partial charge in [0.1, 0.15) is 0 Å². The van der Waals surface area contributed by atoms with Gasteiger partial charge in [-0.2, -0.15) is 0 Å². The molecule has 1 aliphatic carbocycles. The van der Waals surface area contributed by atoms with Crippen LogP contribution < -0.4 is 5.32 Å². The minimum atomic E-state index is -0.0958. The third kappa shape index (κ3) is 3.16. The van der Waals surface area contributed by atoms with Gasteiger partial charge in [0.05, 0.1) is 11.8 Å². The molecule has 2 atom stereocenters. The third-order valence-electron chi connectivity index (χ3n) is 4.72. The van der Waals surface area contributed by atoms with E-state index in [1.54, 1.807) is 0 Å². The van der Waals surface area contributed by atoms with Crippen molar-refractivity contribution >= 4 is 11.8 Å². The summed E-state index contributed by atoms with van der Waals surface area (Å²) in [6.07, 6.45) is 3.71. The molecule has 1 N–H and O–H groups in total. The number of hydrogen-bond acceptors (Lipinski definition) is 2. The number of carbonyl (C=O) groups is 2. The molecule has 0 aromatic heterocycles. The standard InChI is InChI=1S/C18H24N2O2/c1-2-3-9-19-17(21)15-11-16(15)18(22)20-10-8-13-6-4-5-7-14(13)12-20/h4-7,15-16H,2-3,8-12H2,1H3,(H,19,21). The second kappa shape index (κ2) is 6.51. The van der Waals surface area contributed by atoms with Gasteiger partial charge in [0.15, 0.2) is 0 Å². The van der Waals surface area contributed by atoms with E-state index in [2.05, 4.69) is 24.4 Å². The van der Waals surface area contributed by atoms with Crippen molar-refractivity contribution in [1.29, 1.82) is 0 Å². The van der Waals surface area contributed by atoms with Crippen LogP contribution in [-0.4, -0.2) is 29.8 Å². The summed E-state index contributed by atoms with van der Waals surface area (Å²) in [6.45, 7) is 4.29. The van der Waals surface area contributed by atoms with Crippen LogP contribution in [-0.2, 0) is 22.6 Å². The molecule has 1 aromatic carbocycles. The first kappa shape index (κ1) is 15.1. The minimum Gasteiger partial charge on any atom is -0.356 e. The summed E-state index contributed by atoms with van der Waals surface area (Å²) in [5, 5.41) is 2.94. The van der Waals surface area contributed by atoms with Gasteiger partial charge in [-0.3, -0.25) is 9.59 Å². The van der Waals surface area contributed by atoms with Crippen LogP contribution in [0.4, 0.5) is 0 Å². The molecule has 0 bridgehead atoms. The lowest BCUT2D eigenvalue weighted by Gasteiger charge is -2.29. The van der Waals surface area contributed by atoms with Gasteiger partial charge in [-0.25, -0.2) is 0 Å². The Labute approximate surface area is 131 Å². The maximum atomic E-state index is 12.6. The van der Waals surface area contributed by atoms with E-state index in [0.29, 0.717) is 6.54 Å². The first-order valence-corrected chi connectivity index (χ1v) is 8.34. The summed E-state index contributed by atoms with van der Waals surface area (Å²) in [5.41, 5.74) is 2.59. The van der Waals surface area contributed by atoms with Crippen LogP contribution in [0.5, 0.6) is 0 Å². The maximum Gasteiger partial charge on any atom is 0.226 e. The lowest BCUT2D eigenvalue weighted by atomic mass is 9.99. The molecule has 1 fully saturated rings. The predicted molar refractivity (Wildman–Crippen MR) is 85.1 cm³/mol. The summed E-state index contributed by atoms with van der Waals surface area (Å²) in [4.78, 5) is 26.5. The molecule has 0 spiro atoms. The third-order valence-corrected chi connectivity index (χ3v) is 4.72.